The fourth-order valence-corrected chi connectivity index (χ4v) is 1.58. The summed E-state index contributed by atoms with van der Waals surface area (Å²) in [6.45, 7) is 2.11. The average Bonchev–Trinajstić information content (AvgIpc) is 2.37. The molecule has 19 heavy (non-hydrogen) atoms. The van der Waals surface area contributed by atoms with Gasteiger partial charge in [0.1, 0.15) is 18.2 Å². The van der Waals surface area contributed by atoms with E-state index in [1.165, 1.54) is 12.1 Å². The first kappa shape index (κ1) is 13.0. The molecule has 5 heteroatoms. The van der Waals surface area contributed by atoms with Gasteiger partial charge in [0.25, 0.3) is 0 Å². The number of pyridine rings is 1. The molecule has 98 valence electrons. The van der Waals surface area contributed by atoms with Crippen LogP contribution >= 0.6 is 0 Å². The zero-order valence-electron chi connectivity index (χ0n) is 10.3. The van der Waals surface area contributed by atoms with Crippen LogP contribution in [0.4, 0.5) is 4.39 Å². The van der Waals surface area contributed by atoms with Crippen molar-refractivity contribution >= 4 is 5.97 Å². The number of hydrogen-bond donors (Lipinski definition) is 1. The van der Waals surface area contributed by atoms with Gasteiger partial charge in [-0.1, -0.05) is 6.07 Å². The van der Waals surface area contributed by atoms with Gasteiger partial charge in [-0.25, -0.2) is 9.18 Å². The molecule has 0 fully saturated rings. The molecule has 0 unspecified atom stereocenters. The first-order valence-corrected chi connectivity index (χ1v) is 5.64. The number of aryl methyl sites for hydroxylation is 1. The van der Waals surface area contributed by atoms with E-state index >= 15 is 0 Å². The molecule has 2 rings (SSSR count). The van der Waals surface area contributed by atoms with Crippen LogP contribution in [0, 0.1) is 12.7 Å². The molecule has 0 bridgehead atoms. The molecule has 0 atom stereocenters. The van der Waals surface area contributed by atoms with Crippen molar-refractivity contribution in [2.75, 3.05) is 0 Å². The minimum atomic E-state index is -1.30. The normalized spacial score (nSPS) is 10.2. The van der Waals surface area contributed by atoms with E-state index in [9.17, 15) is 9.18 Å². The van der Waals surface area contributed by atoms with Crippen LogP contribution in [0.5, 0.6) is 5.75 Å². The fraction of sp³-hybridized carbons (Fsp3) is 0.143. The van der Waals surface area contributed by atoms with Crippen LogP contribution in [0.1, 0.15) is 21.6 Å². The quantitative estimate of drug-likeness (QED) is 0.919. The second kappa shape index (κ2) is 5.48. The van der Waals surface area contributed by atoms with Crippen molar-refractivity contribution in [3.8, 4) is 5.75 Å². The van der Waals surface area contributed by atoms with Gasteiger partial charge >= 0.3 is 5.97 Å². The van der Waals surface area contributed by atoms with Crippen LogP contribution in [0.25, 0.3) is 0 Å². The van der Waals surface area contributed by atoms with E-state index < -0.39 is 11.8 Å². The molecule has 4 nitrogen and oxygen atoms in total. The van der Waals surface area contributed by atoms with E-state index in [4.69, 9.17) is 9.84 Å². The first-order valence-electron chi connectivity index (χ1n) is 5.64. The number of carboxylic acids is 1. The molecule has 0 saturated heterocycles. The molecule has 0 aliphatic carbocycles. The van der Waals surface area contributed by atoms with Crippen LogP contribution in [0.15, 0.2) is 36.5 Å². The van der Waals surface area contributed by atoms with Crippen LogP contribution in [0.2, 0.25) is 0 Å². The van der Waals surface area contributed by atoms with E-state index in [2.05, 4.69) is 4.98 Å². The van der Waals surface area contributed by atoms with Gasteiger partial charge in [0.15, 0.2) is 0 Å². The molecule has 0 aliphatic heterocycles. The van der Waals surface area contributed by atoms with E-state index in [1.54, 1.807) is 6.20 Å². The fourth-order valence-electron chi connectivity index (χ4n) is 1.58. The van der Waals surface area contributed by atoms with Crippen molar-refractivity contribution in [1.82, 2.24) is 4.98 Å². The lowest BCUT2D eigenvalue weighted by Gasteiger charge is -2.08. The monoisotopic (exact) mass is 261 g/mol. The Labute approximate surface area is 109 Å². The number of rotatable bonds is 4. The van der Waals surface area contributed by atoms with Gasteiger partial charge in [0, 0.05) is 12.3 Å². The molecule has 1 N–H and O–H groups in total. The highest BCUT2D eigenvalue weighted by Crippen LogP contribution is 2.18. The number of carbonyl (C=O) groups is 1. The van der Waals surface area contributed by atoms with Gasteiger partial charge in [-0.05, 0) is 30.7 Å². The van der Waals surface area contributed by atoms with Gasteiger partial charge in [0.2, 0.25) is 0 Å². The van der Waals surface area contributed by atoms with Crippen molar-refractivity contribution in [1.29, 1.82) is 0 Å². The van der Waals surface area contributed by atoms with Crippen LogP contribution in [-0.4, -0.2) is 16.1 Å². The van der Waals surface area contributed by atoms with Crippen LogP contribution < -0.4 is 4.74 Å². The molecule has 1 aromatic carbocycles. The number of aromatic carboxylic acids is 1. The predicted molar refractivity (Wildman–Crippen MR) is 66.7 cm³/mol. The minimum Gasteiger partial charge on any atom is -0.487 e. The third kappa shape index (κ3) is 3.07. The highest BCUT2D eigenvalue weighted by Gasteiger charge is 2.11. The zero-order valence-corrected chi connectivity index (χ0v) is 10.3. The van der Waals surface area contributed by atoms with Crippen molar-refractivity contribution in [3.05, 3.63) is 59.2 Å². The largest absolute Gasteiger partial charge is 0.487 e. The Hall–Kier alpha value is -2.43. The highest BCUT2D eigenvalue weighted by molar-refractivity contribution is 5.88. The van der Waals surface area contributed by atoms with Gasteiger partial charge in [-0.2, -0.15) is 0 Å². The smallest absolute Gasteiger partial charge is 0.338 e. The van der Waals surface area contributed by atoms with Gasteiger partial charge < -0.3 is 9.84 Å². The number of aromatic nitrogens is 1. The summed E-state index contributed by atoms with van der Waals surface area (Å²) in [7, 11) is 0. The van der Waals surface area contributed by atoms with Crippen molar-refractivity contribution < 1.29 is 19.0 Å². The third-order valence-corrected chi connectivity index (χ3v) is 2.66. The Morgan fingerprint density at radius 1 is 1.42 bits per heavy atom. The lowest BCUT2D eigenvalue weighted by atomic mass is 10.2. The number of ether oxygens (including phenoxy) is 1. The maximum Gasteiger partial charge on any atom is 0.338 e. The SMILES string of the molecule is Cc1cccnc1COc1ccc(C(=O)O)c(F)c1. The number of carboxylic acid groups (broad SMARTS) is 1. The zero-order chi connectivity index (χ0) is 13.8. The van der Waals surface area contributed by atoms with E-state index in [0.717, 1.165) is 17.3 Å². The molecule has 1 heterocycles. The van der Waals surface area contributed by atoms with E-state index in [-0.39, 0.29) is 17.9 Å². The molecular weight excluding hydrogens is 249 g/mol. The van der Waals surface area contributed by atoms with Gasteiger partial charge in [0.05, 0.1) is 11.3 Å². The van der Waals surface area contributed by atoms with Crippen molar-refractivity contribution in [2.45, 2.75) is 13.5 Å². The summed E-state index contributed by atoms with van der Waals surface area (Å²) in [5, 5.41) is 8.71. The first-order chi connectivity index (χ1) is 9.08. The van der Waals surface area contributed by atoms with Crippen LogP contribution in [0.3, 0.4) is 0 Å². The molecular formula is C14H12FNO3. The second-order valence-electron chi connectivity index (χ2n) is 4.00. The Balaban J connectivity index is 2.11. The summed E-state index contributed by atoms with van der Waals surface area (Å²) in [5.74, 6) is -1.85. The summed E-state index contributed by atoms with van der Waals surface area (Å²) in [6, 6.07) is 7.38. The second-order valence-corrected chi connectivity index (χ2v) is 4.00. The summed E-state index contributed by atoms with van der Waals surface area (Å²) in [6.07, 6.45) is 1.65. The minimum absolute atomic E-state index is 0.207. The standard InChI is InChI=1S/C14H12FNO3/c1-9-3-2-6-16-13(9)8-19-10-4-5-11(14(17)18)12(15)7-10/h2-7H,8H2,1H3,(H,17,18). The summed E-state index contributed by atoms with van der Waals surface area (Å²) in [5.41, 5.74) is 1.36. The molecule has 1 aromatic heterocycles. The summed E-state index contributed by atoms with van der Waals surface area (Å²) in [4.78, 5) is 14.8. The van der Waals surface area contributed by atoms with Gasteiger partial charge in [-0.3, -0.25) is 4.98 Å². The predicted octanol–water partition coefficient (Wildman–Crippen LogP) is 2.81. The third-order valence-electron chi connectivity index (χ3n) is 2.66. The Bertz CT molecular complexity index is 613. The highest BCUT2D eigenvalue weighted by atomic mass is 19.1. The number of halogens is 1. The van der Waals surface area contributed by atoms with Crippen LogP contribution in [-0.2, 0) is 6.61 Å². The topological polar surface area (TPSA) is 59.4 Å². The summed E-state index contributed by atoms with van der Waals surface area (Å²) >= 11 is 0. The number of hydrogen-bond acceptors (Lipinski definition) is 3. The number of nitrogens with zero attached hydrogens (tertiary/aromatic N) is 1. The lowest BCUT2D eigenvalue weighted by Crippen LogP contribution is -2.03. The molecule has 2 aromatic rings. The summed E-state index contributed by atoms with van der Waals surface area (Å²) < 4.78 is 18.8. The molecule has 0 aliphatic rings. The molecule has 0 saturated carbocycles. The maximum absolute atomic E-state index is 13.4. The maximum atomic E-state index is 13.4. The molecule has 0 amide bonds. The van der Waals surface area contributed by atoms with Crippen molar-refractivity contribution in [3.63, 3.8) is 0 Å². The Morgan fingerprint density at radius 2 is 2.21 bits per heavy atom. The Kier molecular flexibility index (Phi) is 3.75. The average molecular weight is 261 g/mol. The van der Waals surface area contributed by atoms with E-state index in [0.29, 0.717) is 0 Å². The van der Waals surface area contributed by atoms with E-state index in [1.807, 2.05) is 19.1 Å². The number of benzene rings is 1. The molecule has 0 radical (unpaired) electrons. The Morgan fingerprint density at radius 3 is 2.84 bits per heavy atom. The van der Waals surface area contributed by atoms with Gasteiger partial charge in [-0.15, -0.1) is 0 Å². The lowest BCUT2D eigenvalue weighted by molar-refractivity contribution is 0.0692. The molecule has 0 spiro atoms. The van der Waals surface area contributed by atoms with Crippen molar-refractivity contribution in [2.24, 2.45) is 0 Å².